The van der Waals surface area contributed by atoms with Gasteiger partial charge in [0.25, 0.3) is 0 Å². The summed E-state index contributed by atoms with van der Waals surface area (Å²) in [5, 5.41) is 11.0. The SMILES string of the molecule is C[C@H](CCCNCCCNCCCN)C1CC[C@H]2[C@@H]3[C@H](OCCCN=[N+]=[N-])C[C@@H]4C[C@H](OCCCN)CC[C@]4(C)[C@H]3C[C@H](OCCCN)[C@]12C. The second-order valence-electron chi connectivity index (χ2n) is 16.8. The zero-order valence-electron chi connectivity index (χ0n) is 32.2. The summed E-state index contributed by atoms with van der Waals surface area (Å²) < 4.78 is 20.3. The highest BCUT2D eigenvalue weighted by Gasteiger charge is 2.66. The predicted octanol–water partition coefficient (Wildman–Crippen LogP) is 5.75. The normalized spacial score (nSPS) is 35.6. The lowest BCUT2D eigenvalue weighted by atomic mass is 9.43. The van der Waals surface area contributed by atoms with Crippen molar-refractivity contribution in [3.63, 3.8) is 0 Å². The van der Waals surface area contributed by atoms with Gasteiger partial charge in [-0.2, -0.15) is 0 Å². The van der Waals surface area contributed by atoms with Gasteiger partial charge in [-0.15, -0.1) is 0 Å². The molecule has 50 heavy (non-hydrogen) atoms. The quantitative estimate of drug-likeness (QED) is 0.0345. The molecule has 11 heteroatoms. The number of nitrogens with zero attached hydrogens (tertiary/aromatic N) is 3. The van der Waals surface area contributed by atoms with Crippen LogP contribution >= 0.6 is 0 Å². The van der Waals surface area contributed by atoms with Crippen LogP contribution in [0.1, 0.15) is 111 Å². The van der Waals surface area contributed by atoms with Crippen LogP contribution in [-0.4, -0.2) is 90.5 Å². The molecule has 4 fully saturated rings. The van der Waals surface area contributed by atoms with E-state index in [1.165, 1.54) is 32.1 Å². The standard InChI is InChI=1S/C39H76N8O3/c1-29(10-4-18-44-20-8-21-45-19-5-15-40)32-11-12-33-37-34(28-36(39(32,33)3)50-24-7-17-42)38(2)14-13-31(48-23-6-16-41)26-30(38)27-35(37)49-25-9-22-46-47-43/h29-37,44-45H,4-28,40-42H2,1-3H3/t29-,30+,31-,32?,33+,34+,35-,36+,37+,38+,39-/m1/s1. The highest BCUT2D eigenvalue weighted by molar-refractivity contribution is 5.15. The molecule has 4 rings (SSSR count). The monoisotopic (exact) mass is 705 g/mol. The van der Waals surface area contributed by atoms with Crippen molar-refractivity contribution in [2.45, 2.75) is 129 Å². The van der Waals surface area contributed by atoms with Crippen LogP contribution < -0.4 is 27.8 Å². The Morgan fingerprint density at radius 1 is 0.780 bits per heavy atom. The zero-order valence-corrected chi connectivity index (χ0v) is 32.2. The number of nitrogens with one attached hydrogen (secondary N) is 2. The molecule has 0 amide bonds. The molecule has 4 aliphatic carbocycles. The molecule has 11 atom stereocenters. The van der Waals surface area contributed by atoms with Crippen molar-refractivity contribution in [1.82, 2.24) is 10.6 Å². The van der Waals surface area contributed by atoms with Gasteiger partial charge in [-0.3, -0.25) is 0 Å². The molecule has 0 aromatic heterocycles. The van der Waals surface area contributed by atoms with E-state index in [4.69, 9.17) is 36.9 Å². The van der Waals surface area contributed by atoms with Gasteiger partial charge in [0, 0.05) is 36.7 Å². The van der Waals surface area contributed by atoms with E-state index in [1.54, 1.807) is 0 Å². The van der Waals surface area contributed by atoms with Gasteiger partial charge < -0.3 is 42.0 Å². The molecule has 0 aromatic rings. The maximum absolute atomic E-state index is 8.84. The Kier molecular flexibility index (Phi) is 18.1. The summed E-state index contributed by atoms with van der Waals surface area (Å²) in [5.74, 6) is 3.55. The third-order valence-corrected chi connectivity index (χ3v) is 13.9. The largest absolute Gasteiger partial charge is 0.378 e. The van der Waals surface area contributed by atoms with E-state index in [9.17, 15) is 0 Å². The molecule has 0 bridgehead atoms. The Morgan fingerprint density at radius 2 is 1.46 bits per heavy atom. The first-order valence-electron chi connectivity index (χ1n) is 20.7. The number of hydrogen-bond donors (Lipinski definition) is 5. The molecule has 0 radical (unpaired) electrons. The van der Waals surface area contributed by atoms with Gasteiger partial charge in [0.15, 0.2) is 0 Å². The molecule has 290 valence electrons. The summed E-state index contributed by atoms with van der Waals surface area (Å²) >= 11 is 0. The Balaban J connectivity index is 1.48. The second kappa shape index (κ2) is 21.6. The number of hydrogen-bond acceptors (Lipinski definition) is 9. The van der Waals surface area contributed by atoms with Crippen molar-refractivity contribution in [2.75, 3.05) is 72.2 Å². The molecule has 0 saturated heterocycles. The van der Waals surface area contributed by atoms with E-state index in [2.05, 4.69) is 41.4 Å². The smallest absolute Gasteiger partial charge is 0.0637 e. The van der Waals surface area contributed by atoms with Crippen LogP contribution in [0.25, 0.3) is 10.4 Å². The molecule has 8 N–H and O–H groups in total. The van der Waals surface area contributed by atoms with Gasteiger partial charge >= 0.3 is 0 Å². The van der Waals surface area contributed by atoms with Crippen molar-refractivity contribution >= 4 is 0 Å². The van der Waals surface area contributed by atoms with Crippen LogP contribution in [0, 0.1) is 46.3 Å². The average molecular weight is 705 g/mol. The highest BCUT2D eigenvalue weighted by Crippen LogP contribution is 2.69. The molecule has 0 heterocycles. The van der Waals surface area contributed by atoms with Crippen molar-refractivity contribution in [3.05, 3.63) is 10.4 Å². The fourth-order valence-electron chi connectivity index (χ4n) is 11.3. The van der Waals surface area contributed by atoms with E-state index < -0.39 is 0 Å². The maximum Gasteiger partial charge on any atom is 0.0637 e. The van der Waals surface area contributed by atoms with Gasteiger partial charge in [-0.25, -0.2) is 0 Å². The third-order valence-electron chi connectivity index (χ3n) is 13.9. The minimum atomic E-state index is 0.121. The summed E-state index contributed by atoms with van der Waals surface area (Å²) in [7, 11) is 0. The molecule has 0 spiro atoms. The molecule has 4 saturated carbocycles. The average Bonchev–Trinajstić information content (AvgIpc) is 3.47. The van der Waals surface area contributed by atoms with E-state index in [-0.39, 0.29) is 23.0 Å². The Labute approximate surface area is 304 Å². The summed E-state index contributed by atoms with van der Waals surface area (Å²) in [6.45, 7) is 16.7. The number of azide groups is 1. The Bertz CT molecular complexity index is 1000. The highest BCUT2D eigenvalue weighted by atomic mass is 16.5. The minimum Gasteiger partial charge on any atom is -0.378 e. The number of rotatable bonds is 25. The third kappa shape index (κ3) is 10.6. The lowest BCUT2D eigenvalue weighted by Crippen LogP contribution is -2.63. The summed E-state index contributed by atoms with van der Waals surface area (Å²) in [6, 6.07) is 0. The maximum atomic E-state index is 8.84. The van der Waals surface area contributed by atoms with E-state index in [0.29, 0.717) is 67.9 Å². The molecule has 0 aliphatic heterocycles. The van der Waals surface area contributed by atoms with Crippen LogP contribution in [0.3, 0.4) is 0 Å². The van der Waals surface area contributed by atoms with Crippen LogP contribution in [0.4, 0.5) is 0 Å². The molecule has 1 unspecified atom stereocenters. The van der Waals surface area contributed by atoms with Crippen molar-refractivity contribution in [2.24, 2.45) is 68.7 Å². The summed E-state index contributed by atoms with van der Waals surface area (Å²) in [6.07, 6.45) is 16.3. The van der Waals surface area contributed by atoms with Gasteiger partial charge in [0.1, 0.15) is 0 Å². The van der Waals surface area contributed by atoms with Crippen LogP contribution in [0.5, 0.6) is 0 Å². The zero-order chi connectivity index (χ0) is 35.8. The van der Waals surface area contributed by atoms with Crippen molar-refractivity contribution < 1.29 is 14.2 Å². The van der Waals surface area contributed by atoms with Gasteiger partial charge in [-0.05, 0) is 182 Å². The van der Waals surface area contributed by atoms with E-state index >= 15 is 0 Å². The van der Waals surface area contributed by atoms with Gasteiger partial charge in [-0.1, -0.05) is 25.9 Å². The predicted molar refractivity (Wildman–Crippen MR) is 204 cm³/mol. The Hall–Kier alpha value is -1.01. The summed E-state index contributed by atoms with van der Waals surface area (Å²) in [4.78, 5) is 2.97. The lowest BCUT2D eigenvalue weighted by molar-refractivity contribution is -0.227. The van der Waals surface area contributed by atoms with Gasteiger partial charge in [0.2, 0.25) is 0 Å². The molecule has 0 aromatic carbocycles. The number of fused-ring (bicyclic) bond motifs is 5. The van der Waals surface area contributed by atoms with E-state index in [1.807, 2.05) is 0 Å². The minimum absolute atomic E-state index is 0.121. The Morgan fingerprint density at radius 3 is 2.18 bits per heavy atom. The number of ether oxygens (including phenoxy) is 3. The fourth-order valence-corrected chi connectivity index (χ4v) is 11.3. The summed E-state index contributed by atoms with van der Waals surface area (Å²) in [5.41, 5.74) is 26.6. The lowest BCUT2D eigenvalue weighted by Gasteiger charge is -2.65. The van der Waals surface area contributed by atoms with Crippen molar-refractivity contribution in [1.29, 1.82) is 0 Å². The van der Waals surface area contributed by atoms with Gasteiger partial charge in [0.05, 0.1) is 18.3 Å². The molecule has 4 aliphatic rings. The van der Waals surface area contributed by atoms with Crippen LogP contribution in [0.15, 0.2) is 5.11 Å². The molecule has 11 nitrogen and oxygen atoms in total. The number of nitrogens with two attached hydrogens (primary N) is 3. The second-order valence-corrected chi connectivity index (χ2v) is 16.8. The first-order chi connectivity index (χ1) is 24.3. The topological polar surface area (TPSA) is 179 Å². The van der Waals surface area contributed by atoms with Crippen molar-refractivity contribution in [3.8, 4) is 0 Å². The van der Waals surface area contributed by atoms with E-state index in [0.717, 1.165) is 104 Å². The fraction of sp³-hybridized carbons (Fsp3) is 1.00. The first kappa shape index (κ1) is 41.7. The molecular weight excluding hydrogens is 628 g/mol. The van der Waals surface area contributed by atoms with Crippen LogP contribution in [0.2, 0.25) is 0 Å². The first-order valence-corrected chi connectivity index (χ1v) is 20.7. The molecular formula is C39H76N8O3. The van der Waals surface area contributed by atoms with Crippen LogP contribution in [-0.2, 0) is 14.2 Å².